The lowest BCUT2D eigenvalue weighted by molar-refractivity contribution is -0.105. The Kier molecular flexibility index (Phi) is 2.13. The van der Waals surface area contributed by atoms with E-state index in [1.165, 1.54) is 6.07 Å². The van der Waals surface area contributed by atoms with Crippen LogP contribution in [0.25, 0.3) is 10.8 Å². The van der Waals surface area contributed by atoms with Crippen molar-refractivity contribution >= 4 is 34.8 Å². The number of hydrogen-bond acceptors (Lipinski definition) is 4. The molecule has 0 aromatic heterocycles. The fraction of sp³-hybridized carbons (Fsp3) is 0. The lowest BCUT2D eigenvalue weighted by atomic mass is 9.96. The van der Waals surface area contributed by atoms with Crippen molar-refractivity contribution in [3.63, 3.8) is 0 Å². The molecular weight excluding hydrogens is 234 g/mol. The van der Waals surface area contributed by atoms with Gasteiger partial charge in [-0.1, -0.05) is 12.1 Å². The Balaban J connectivity index is 2.40. The molecular formula is C13H7NO4. The van der Waals surface area contributed by atoms with Crippen LogP contribution in [-0.2, 0) is 9.53 Å². The summed E-state index contributed by atoms with van der Waals surface area (Å²) >= 11 is 0. The molecule has 0 radical (unpaired) electrons. The van der Waals surface area contributed by atoms with Gasteiger partial charge < -0.3 is 10.1 Å². The lowest BCUT2D eigenvalue weighted by Gasteiger charge is -2.16. The second-order valence-corrected chi connectivity index (χ2v) is 3.87. The second kappa shape index (κ2) is 3.66. The summed E-state index contributed by atoms with van der Waals surface area (Å²) in [5.74, 6) is -1.34. The van der Waals surface area contributed by atoms with Gasteiger partial charge in [-0.15, -0.1) is 0 Å². The minimum atomic E-state index is -0.696. The SMILES string of the molecule is O=CNc1cc2c3c(cccc3c1)C(=O)OC2=O. The summed E-state index contributed by atoms with van der Waals surface area (Å²) < 4.78 is 4.64. The molecule has 1 heterocycles. The summed E-state index contributed by atoms with van der Waals surface area (Å²) in [7, 11) is 0. The van der Waals surface area contributed by atoms with Crippen molar-refractivity contribution in [2.75, 3.05) is 5.32 Å². The number of ether oxygens (including phenoxy) is 1. The molecule has 0 bridgehead atoms. The van der Waals surface area contributed by atoms with E-state index in [1.807, 2.05) is 0 Å². The van der Waals surface area contributed by atoms with Gasteiger partial charge in [0.05, 0.1) is 11.1 Å². The summed E-state index contributed by atoms with van der Waals surface area (Å²) in [6, 6.07) is 8.26. The summed E-state index contributed by atoms with van der Waals surface area (Å²) in [5.41, 5.74) is 1.13. The number of anilines is 1. The van der Waals surface area contributed by atoms with Crippen LogP contribution in [0.3, 0.4) is 0 Å². The molecule has 0 spiro atoms. The molecule has 5 heteroatoms. The van der Waals surface area contributed by atoms with Gasteiger partial charge in [-0.3, -0.25) is 4.79 Å². The first-order valence-corrected chi connectivity index (χ1v) is 5.24. The van der Waals surface area contributed by atoms with Crippen LogP contribution in [0, 0.1) is 0 Å². The molecule has 0 unspecified atom stereocenters. The first-order chi connectivity index (χ1) is 8.70. The first-order valence-electron chi connectivity index (χ1n) is 5.24. The second-order valence-electron chi connectivity index (χ2n) is 3.87. The zero-order chi connectivity index (χ0) is 12.7. The van der Waals surface area contributed by atoms with Gasteiger partial charge in [-0.2, -0.15) is 0 Å². The van der Waals surface area contributed by atoms with Crippen molar-refractivity contribution in [3.8, 4) is 0 Å². The first kappa shape index (κ1) is 10.5. The largest absolute Gasteiger partial charge is 0.386 e. The molecule has 1 aliphatic rings. The zero-order valence-electron chi connectivity index (χ0n) is 9.10. The van der Waals surface area contributed by atoms with Crippen LogP contribution < -0.4 is 5.32 Å². The van der Waals surface area contributed by atoms with Gasteiger partial charge in [0.2, 0.25) is 6.41 Å². The predicted octanol–water partition coefficient (Wildman–Crippen LogP) is 1.72. The van der Waals surface area contributed by atoms with Crippen molar-refractivity contribution in [3.05, 3.63) is 41.5 Å². The average Bonchev–Trinajstić information content (AvgIpc) is 2.36. The number of nitrogens with one attached hydrogen (secondary N) is 1. The molecule has 0 atom stereocenters. The summed E-state index contributed by atoms with van der Waals surface area (Å²) in [6.07, 6.45) is 0.525. The minimum Gasteiger partial charge on any atom is -0.386 e. The fourth-order valence-electron chi connectivity index (χ4n) is 2.10. The third kappa shape index (κ3) is 1.37. The third-order valence-electron chi connectivity index (χ3n) is 2.83. The molecule has 5 nitrogen and oxygen atoms in total. The number of esters is 2. The molecule has 1 amide bonds. The van der Waals surface area contributed by atoms with Gasteiger partial charge in [0.1, 0.15) is 0 Å². The Bertz CT molecular complexity index is 705. The number of carbonyl (C=O) groups is 3. The smallest absolute Gasteiger partial charge is 0.346 e. The van der Waals surface area contributed by atoms with E-state index in [9.17, 15) is 14.4 Å². The maximum atomic E-state index is 11.7. The Morgan fingerprint density at radius 3 is 2.61 bits per heavy atom. The van der Waals surface area contributed by atoms with Gasteiger partial charge in [0.15, 0.2) is 0 Å². The Morgan fingerprint density at radius 1 is 1.06 bits per heavy atom. The monoisotopic (exact) mass is 241 g/mol. The molecule has 0 saturated carbocycles. The molecule has 88 valence electrons. The van der Waals surface area contributed by atoms with Crippen molar-refractivity contribution in [2.24, 2.45) is 0 Å². The molecule has 2 aromatic rings. The van der Waals surface area contributed by atoms with Gasteiger partial charge in [0, 0.05) is 11.1 Å². The summed E-state index contributed by atoms with van der Waals surface area (Å²) in [6.45, 7) is 0. The van der Waals surface area contributed by atoms with E-state index in [-0.39, 0.29) is 5.56 Å². The fourth-order valence-corrected chi connectivity index (χ4v) is 2.10. The van der Waals surface area contributed by atoms with E-state index in [1.54, 1.807) is 24.3 Å². The zero-order valence-corrected chi connectivity index (χ0v) is 9.10. The van der Waals surface area contributed by atoms with Crippen molar-refractivity contribution < 1.29 is 19.1 Å². The highest BCUT2D eigenvalue weighted by atomic mass is 16.6. The van der Waals surface area contributed by atoms with Crippen LogP contribution in [0.5, 0.6) is 0 Å². The number of rotatable bonds is 2. The van der Waals surface area contributed by atoms with Gasteiger partial charge >= 0.3 is 11.9 Å². The van der Waals surface area contributed by atoms with Crippen LogP contribution in [0.4, 0.5) is 5.69 Å². The molecule has 18 heavy (non-hydrogen) atoms. The maximum absolute atomic E-state index is 11.7. The number of benzene rings is 2. The van der Waals surface area contributed by atoms with Gasteiger partial charge in [0.25, 0.3) is 0 Å². The Hall–Kier alpha value is -2.69. The quantitative estimate of drug-likeness (QED) is 0.493. The van der Waals surface area contributed by atoms with Crippen LogP contribution in [0.15, 0.2) is 30.3 Å². The van der Waals surface area contributed by atoms with Crippen molar-refractivity contribution in [1.82, 2.24) is 0 Å². The van der Waals surface area contributed by atoms with E-state index in [2.05, 4.69) is 10.1 Å². The van der Waals surface area contributed by atoms with E-state index >= 15 is 0 Å². The topological polar surface area (TPSA) is 72.5 Å². The van der Waals surface area contributed by atoms with Crippen LogP contribution in [0.2, 0.25) is 0 Å². The molecule has 1 aliphatic heterocycles. The standard InChI is InChI=1S/C13H7NO4/c15-6-14-8-4-7-2-1-3-9-11(7)10(5-8)13(17)18-12(9)16/h1-6H,(H,14,15). The predicted molar refractivity (Wildman–Crippen MR) is 63.4 cm³/mol. The highest BCUT2D eigenvalue weighted by Crippen LogP contribution is 2.31. The highest BCUT2D eigenvalue weighted by molar-refractivity contribution is 6.21. The van der Waals surface area contributed by atoms with Gasteiger partial charge in [-0.25, -0.2) is 9.59 Å². The minimum absolute atomic E-state index is 0.284. The Labute approximate surface area is 101 Å². The van der Waals surface area contributed by atoms with Crippen molar-refractivity contribution in [2.45, 2.75) is 0 Å². The van der Waals surface area contributed by atoms with E-state index in [0.29, 0.717) is 28.4 Å². The number of cyclic esters (lactones) is 2. The highest BCUT2D eigenvalue weighted by Gasteiger charge is 2.27. The molecule has 0 fully saturated rings. The molecule has 2 aromatic carbocycles. The molecule has 3 rings (SSSR count). The maximum Gasteiger partial charge on any atom is 0.346 e. The molecule has 0 aliphatic carbocycles. The summed E-state index contributed by atoms with van der Waals surface area (Å²) in [5, 5.41) is 3.75. The average molecular weight is 241 g/mol. The van der Waals surface area contributed by atoms with Gasteiger partial charge in [-0.05, 0) is 23.6 Å². The Morgan fingerprint density at radius 2 is 1.83 bits per heavy atom. The third-order valence-corrected chi connectivity index (χ3v) is 2.83. The molecule has 1 N–H and O–H groups in total. The lowest BCUT2D eigenvalue weighted by Crippen LogP contribution is -2.19. The van der Waals surface area contributed by atoms with Crippen molar-refractivity contribution in [1.29, 1.82) is 0 Å². The summed E-state index contributed by atoms with van der Waals surface area (Å²) in [4.78, 5) is 33.7. The molecule has 0 saturated heterocycles. The van der Waals surface area contributed by atoms with Crippen LogP contribution in [0.1, 0.15) is 20.7 Å². The number of carbonyl (C=O) groups excluding carboxylic acids is 3. The van der Waals surface area contributed by atoms with E-state index in [0.717, 1.165) is 0 Å². The normalized spacial score (nSPS) is 13.3. The van der Waals surface area contributed by atoms with Crippen LogP contribution in [-0.4, -0.2) is 18.3 Å². The number of amides is 1. The van der Waals surface area contributed by atoms with E-state index in [4.69, 9.17) is 0 Å². The van der Waals surface area contributed by atoms with E-state index < -0.39 is 11.9 Å². The number of hydrogen-bond donors (Lipinski definition) is 1. The van der Waals surface area contributed by atoms with Crippen LogP contribution >= 0.6 is 0 Å².